The number of benzene rings is 1. The van der Waals surface area contributed by atoms with Crippen LogP contribution in [0.3, 0.4) is 0 Å². The SMILES string of the molecule is Cc1cc(NC(=O)OC(C)(C)C)cc2[nH]ccc12. The van der Waals surface area contributed by atoms with E-state index in [0.717, 1.165) is 22.2 Å². The first-order valence-electron chi connectivity index (χ1n) is 5.93. The van der Waals surface area contributed by atoms with Gasteiger partial charge in [-0.3, -0.25) is 5.32 Å². The van der Waals surface area contributed by atoms with E-state index in [4.69, 9.17) is 4.74 Å². The molecule has 0 aliphatic carbocycles. The van der Waals surface area contributed by atoms with E-state index in [-0.39, 0.29) is 0 Å². The summed E-state index contributed by atoms with van der Waals surface area (Å²) in [4.78, 5) is 14.8. The number of carbonyl (C=O) groups is 1. The number of ether oxygens (including phenoxy) is 1. The first kappa shape index (κ1) is 12.5. The van der Waals surface area contributed by atoms with Crippen molar-refractivity contribution in [3.05, 3.63) is 30.0 Å². The molecular weight excluding hydrogens is 228 g/mol. The molecule has 0 aliphatic rings. The van der Waals surface area contributed by atoms with Gasteiger partial charge in [0.05, 0.1) is 0 Å². The number of carbonyl (C=O) groups excluding carboxylic acids is 1. The van der Waals surface area contributed by atoms with E-state index in [0.29, 0.717) is 0 Å². The highest BCUT2D eigenvalue weighted by molar-refractivity contribution is 5.91. The highest BCUT2D eigenvalue weighted by Crippen LogP contribution is 2.22. The second-order valence-electron chi connectivity index (χ2n) is 5.36. The van der Waals surface area contributed by atoms with Crippen molar-refractivity contribution in [3.63, 3.8) is 0 Å². The molecule has 0 atom stereocenters. The average Bonchev–Trinajstić information content (AvgIpc) is 2.62. The molecule has 0 aliphatic heterocycles. The van der Waals surface area contributed by atoms with E-state index in [1.165, 1.54) is 0 Å². The Labute approximate surface area is 106 Å². The highest BCUT2D eigenvalue weighted by Gasteiger charge is 2.16. The first-order chi connectivity index (χ1) is 8.35. The molecule has 0 bridgehead atoms. The Hall–Kier alpha value is -1.97. The van der Waals surface area contributed by atoms with Gasteiger partial charge >= 0.3 is 6.09 Å². The molecule has 0 fully saturated rings. The van der Waals surface area contributed by atoms with Crippen LogP contribution in [0.25, 0.3) is 10.9 Å². The number of nitrogens with one attached hydrogen (secondary N) is 2. The third-order valence-corrected chi connectivity index (χ3v) is 2.52. The molecule has 0 spiro atoms. The molecule has 18 heavy (non-hydrogen) atoms. The molecule has 2 N–H and O–H groups in total. The molecule has 2 aromatic rings. The molecular formula is C14H18N2O2. The molecule has 4 heteroatoms. The van der Waals surface area contributed by atoms with Crippen LogP contribution in [-0.2, 0) is 4.74 Å². The summed E-state index contributed by atoms with van der Waals surface area (Å²) in [5, 5.41) is 3.90. The van der Waals surface area contributed by atoms with Crippen molar-refractivity contribution < 1.29 is 9.53 Å². The number of rotatable bonds is 1. The summed E-state index contributed by atoms with van der Waals surface area (Å²) >= 11 is 0. The molecule has 0 radical (unpaired) electrons. The lowest BCUT2D eigenvalue weighted by atomic mass is 10.1. The first-order valence-corrected chi connectivity index (χ1v) is 5.93. The maximum absolute atomic E-state index is 11.7. The Morgan fingerprint density at radius 2 is 2.06 bits per heavy atom. The average molecular weight is 246 g/mol. The summed E-state index contributed by atoms with van der Waals surface area (Å²) < 4.78 is 5.21. The zero-order chi connectivity index (χ0) is 13.3. The predicted molar refractivity (Wildman–Crippen MR) is 72.9 cm³/mol. The lowest BCUT2D eigenvalue weighted by molar-refractivity contribution is 0.0636. The Bertz CT molecular complexity index is 579. The van der Waals surface area contributed by atoms with Gasteiger partial charge in [0.15, 0.2) is 0 Å². The molecule has 1 aromatic heterocycles. The third-order valence-electron chi connectivity index (χ3n) is 2.52. The molecule has 0 saturated heterocycles. The second-order valence-corrected chi connectivity index (χ2v) is 5.36. The largest absolute Gasteiger partial charge is 0.444 e. The van der Waals surface area contributed by atoms with Crippen LogP contribution in [0, 0.1) is 6.92 Å². The molecule has 4 nitrogen and oxygen atoms in total. The monoisotopic (exact) mass is 246 g/mol. The summed E-state index contributed by atoms with van der Waals surface area (Å²) in [5.41, 5.74) is 2.35. The Balaban J connectivity index is 2.19. The van der Waals surface area contributed by atoms with Crippen LogP contribution in [0.15, 0.2) is 24.4 Å². The summed E-state index contributed by atoms with van der Waals surface area (Å²) in [6.07, 6.45) is 1.45. The van der Waals surface area contributed by atoms with E-state index in [2.05, 4.69) is 10.3 Å². The van der Waals surface area contributed by atoms with Gasteiger partial charge in [-0.15, -0.1) is 0 Å². The van der Waals surface area contributed by atoms with Gasteiger partial charge in [-0.05, 0) is 51.5 Å². The Morgan fingerprint density at radius 1 is 1.33 bits per heavy atom. The van der Waals surface area contributed by atoms with Crippen molar-refractivity contribution in [1.82, 2.24) is 4.98 Å². The minimum atomic E-state index is -0.490. The fraction of sp³-hybridized carbons (Fsp3) is 0.357. The number of aromatic amines is 1. The van der Waals surface area contributed by atoms with Crippen LogP contribution >= 0.6 is 0 Å². The smallest absolute Gasteiger partial charge is 0.412 e. The van der Waals surface area contributed by atoms with Gasteiger partial charge in [-0.1, -0.05) is 0 Å². The van der Waals surface area contributed by atoms with Crippen molar-refractivity contribution in [2.45, 2.75) is 33.3 Å². The number of hydrogen-bond donors (Lipinski definition) is 2. The van der Waals surface area contributed by atoms with E-state index in [1.807, 2.05) is 52.1 Å². The molecule has 1 amide bonds. The maximum atomic E-state index is 11.7. The van der Waals surface area contributed by atoms with Crippen molar-refractivity contribution in [2.24, 2.45) is 0 Å². The summed E-state index contributed by atoms with van der Waals surface area (Å²) in [7, 11) is 0. The molecule has 2 rings (SSSR count). The van der Waals surface area contributed by atoms with Gasteiger partial charge in [0, 0.05) is 22.8 Å². The Morgan fingerprint density at radius 3 is 2.72 bits per heavy atom. The third kappa shape index (κ3) is 2.83. The van der Waals surface area contributed by atoms with Crippen LogP contribution in [0.2, 0.25) is 0 Å². The normalized spacial score (nSPS) is 11.6. The number of amides is 1. The summed E-state index contributed by atoms with van der Waals surface area (Å²) in [5.74, 6) is 0. The van der Waals surface area contributed by atoms with Gasteiger partial charge in [0.25, 0.3) is 0 Å². The van der Waals surface area contributed by atoms with Crippen LogP contribution in [0.4, 0.5) is 10.5 Å². The lowest BCUT2D eigenvalue weighted by Gasteiger charge is -2.19. The van der Waals surface area contributed by atoms with Crippen molar-refractivity contribution in [3.8, 4) is 0 Å². The van der Waals surface area contributed by atoms with Gasteiger partial charge in [0.1, 0.15) is 5.60 Å². The fourth-order valence-corrected chi connectivity index (χ4v) is 1.85. The van der Waals surface area contributed by atoms with Crippen molar-refractivity contribution in [2.75, 3.05) is 5.32 Å². The zero-order valence-corrected chi connectivity index (χ0v) is 11.1. The van der Waals surface area contributed by atoms with Crippen molar-refractivity contribution in [1.29, 1.82) is 0 Å². The van der Waals surface area contributed by atoms with Gasteiger partial charge < -0.3 is 9.72 Å². The van der Waals surface area contributed by atoms with Gasteiger partial charge in [-0.2, -0.15) is 0 Å². The second kappa shape index (κ2) is 4.37. The van der Waals surface area contributed by atoms with Gasteiger partial charge in [-0.25, -0.2) is 4.79 Å². The number of aromatic nitrogens is 1. The molecule has 0 unspecified atom stereocenters. The quantitative estimate of drug-likeness (QED) is 0.803. The van der Waals surface area contributed by atoms with E-state index < -0.39 is 11.7 Å². The summed E-state index contributed by atoms with van der Waals surface area (Å²) in [6, 6.07) is 5.84. The van der Waals surface area contributed by atoms with Crippen LogP contribution in [0.5, 0.6) is 0 Å². The van der Waals surface area contributed by atoms with Crippen LogP contribution < -0.4 is 5.32 Å². The van der Waals surface area contributed by atoms with E-state index in [1.54, 1.807) is 0 Å². The minimum Gasteiger partial charge on any atom is -0.444 e. The fourth-order valence-electron chi connectivity index (χ4n) is 1.85. The highest BCUT2D eigenvalue weighted by atomic mass is 16.6. The van der Waals surface area contributed by atoms with Crippen molar-refractivity contribution >= 4 is 22.7 Å². The Kier molecular flexibility index (Phi) is 3.03. The minimum absolute atomic E-state index is 0.437. The predicted octanol–water partition coefficient (Wildman–Crippen LogP) is 3.82. The number of H-pyrrole nitrogens is 1. The number of aryl methyl sites for hydroxylation is 1. The van der Waals surface area contributed by atoms with Crippen LogP contribution in [-0.4, -0.2) is 16.7 Å². The molecule has 1 heterocycles. The number of fused-ring (bicyclic) bond motifs is 1. The maximum Gasteiger partial charge on any atom is 0.412 e. The topological polar surface area (TPSA) is 54.1 Å². The molecule has 96 valence electrons. The number of hydrogen-bond acceptors (Lipinski definition) is 2. The number of anilines is 1. The standard InChI is InChI=1S/C14H18N2O2/c1-9-7-10(8-12-11(9)5-6-15-12)16-13(17)18-14(2,3)4/h5-8,15H,1-4H3,(H,16,17). The lowest BCUT2D eigenvalue weighted by Crippen LogP contribution is -2.27. The summed E-state index contributed by atoms with van der Waals surface area (Å²) in [6.45, 7) is 7.53. The molecule has 0 saturated carbocycles. The van der Waals surface area contributed by atoms with E-state index in [9.17, 15) is 4.79 Å². The molecule has 1 aromatic carbocycles. The zero-order valence-electron chi connectivity index (χ0n) is 11.1. The van der Waals surface area contributed by atoms with E-state index >= 15 is 0 Å². The van der Waals surface area contributed by atoms with Gasteiger partial charge in [0.2, 0.25) is 0 Å². The van der Waals surface area contributed by atoms with Crippen LogP contribution in [0.1, 0.15) is 26.3 Å².